The van der Waals surface area contributed by atoms with Gasteiger partial charge in [0, 0.05) is 12.2 Å². The van der Waals surface area contributed by atoms with Crippen LogP contribution in [0.3, 0.4) is 0 Å². The van der Waals surface area contributed by atoms with Gasteiger partial charge in [-0.05, 0) is 31.2 Å². The van der Waals surface area contributed by atoms with Gasteiger partial charge in [0.1, 0.15) is 6.07 Å². The van der Waals surface area contributed by atoms with Gasteiger partial charge in [-0.3, -0.25) is 4.79 Å². The minimum absolute atomic E-state index is 0.0104. The van der Waals surface area contributed by atoms with Crippen molar-refractivity contribution >= 4 is 23.2 Å². The van der Waals surface area contributed by atoms with Gasteiger partial charge in [0.15, 0.2) is 0 Å². The predicted molar refractivity (Wildman–Crippen MR) is 65.8 cm³/mol. The summed E-state index contributed by atoms with van der Waals surface area (Å²) in [6.45, 7) is 1.59. The molecule has 0 spiro atoms. The lowest BCUT2D eigenvalue weighted by Gasteiger charge is -2.10. The third-order valence-electron chi connectivity index (χ3n) is 2.79. The molecule has 1 aliphatic rings. The number of anilines is 1. The molecule has 5 heteroatoms. The van der Waals surface area contributed by atoms with Gasteiger partial charge in [0.05, 0.1) is 16.5 Å². The minimum Gasteiger partial charge on any atom is -0.326 e. The van der Waals surface area contributed by atoms with Crippen LogP contribution in [0.5, 0.6) is 0 Å². The molecule has 1 aromatic rings. The topological polar surface area (TPSA) is 64.9 Å². The van der Waals surface area contributed by atoms with Crippen LogP contribution in [-0.4, -0.2) is 19.0 Å². The van der Waals surface area contributed by atoms with Gasteiger partial charge in [0.25, 0.3) is 0 Å². The zero-order valence-electron chi connectivity index (χ0n) is 9.16. The minimum atomic E-state index is -0.0128. The summed E-state index contributed by atoms with van der Waals surface area (Å²) in [7, 11) is 0. The molecular weight excluding hydrogens is 238 g/mol. The fourth-order valence-corrected chi connectivity index (χ4v) is 1.97. The maximum atomic E-state index is 11.8. The molecule has 1 atom stereocenters. The number of carbonyl (C=O) groups is 1. The van der Waals surface area contributed by atoms with Crippen LogP contribution in [0, 0.1) is 17.2 Å². The zero-order valence-corrected chi connectivity index (χ0v) is 9.92. The average Bonchev–Trinajstić information content (AvgIpc) is 2.85. The molecule has 0 aliphatic carbocycles. The lowest BCUT2D eigenvalue weighted by atomic mass is 10.1. The van der Waals surface area contributed by atoms with Gasteiger partial charge in [-0.2, -0.15) is 5.26 Å². The van der Waals surface area contributed by atoms with Crippen molar-refractivity contribution in [3.8, 4) is 6.07 Å². The van der Waals surface area contributed by atoms with E-state index in [-0.39, 0.29) is 11.8 Å². The molecule has 0 radical (unpaired) electrons. The van der Waals surface area contributed by atoms with Crippen LogP contribution in [0.2, 0.25) is 5.02 Å². The highest BCUT2D eigenvalue weighted by Gasteiger charge is 2.22. The highest BCUT2D eigenvalue weighted by atomic mass is 35.5. The molecule has 1 aromatic carbocycles. The SMILES string of the molecule is N#Cc1cc(NC(=O)C2CCNC2)ccc1Cl. The van der Waals surface area contributed by atoms with Crippen LogP contribution >= 0.6 is 11.6 Å². The Kier molecular flexibility index (Phi) is 3.62. The zero-order chi connectivity index (χ0) is 12.3. The van der Waals surface area contributed by atoms with E-state index in [4.69, 9.17) is 16.9 Å². The number of hydrogen-bond donors (Lipinski definition) is 2. The fourth-order valence-electron chi connectivity index (χ4n) is 1.81. The quantitative estimate of drug-likeness (QED) is 0.840. The van der Waals surface area contributed by atoms with E-state index >= 15 is 0 Å². The summed E-state index contributed by atoms with van der Waals surface area (Å²) >= 11 is 5.81. The molecule has 2 rings (SSSR count). The number of rotatable bonds is 2. The monoisotopic (exact) mass is 249 g/mol. The third-order valence-corrected chi connectivity index (χ3v) is 3.12. The van der Waals surface area contributed by atoms with Crippen molar-refractivity contribution in [3.05, 3.63) is 28.8 Å². The Hall–Kier alpha value is -1.57. The van der Waals surface area contributed by atoms with Crippen LogP contribution in [0.25, 0.3) is 0 Å². The summed E-state index contributed by atoms with van der Waals surface area (Å²) in [4.78, 5) is 11.8. The van der Waals surface area contributed by atoms with Crippen molar-refractivity contribution in [2.45, 2.75) is 6.42 Å². The van der Waals surface area contributed by atoms with Crippen molar-refractivity contribution in [2.24, 2.45) is 5.92 Å². The summed E-state index contributed by atoms with van der Waals surface area (Å²) in [6, 6.07) is 6.88. The smallest absolute Gasteiger partial charge is 0.228 e. The molecule has 1 heterocycles. The number of hydrogen-bond acceptors (Lipinski definition) is 3. The largest absolute Gasteiger partial charge is 0.326 e. The fraction of sp³-hybridized carbons (Fsp3) is 0.333. The first-order valence-electron chi connectivity index (χ1n) is 5.42. The molecule has 0 saturated carbocycles. The molecule has 1 fully saturated rings. The van der Waals surface area contributed by atoms with Crippen LogP contribution in [-0.2, 0) is 4.79 Å². The number of nitrogens with zero attached hydrogens (tertiary/aromatic N) is 1. The molecule has 2 N–H and O–H groups in total. The van der Waals surface area contributed by atoms with Gasteiger partial charge in [0.2, 0.25) is 5.91 Å². The van der Waals surface area contributed by atoms with Crippen molar-refractivity contribution in [1.82, 2.24) is 5.32 Å². The molecule has 1 unspecified atom stereocenters. The van der Waals surface area contributed by atoms with Crippen molar-refractivity contribution in [1.29, 1.82) is 5.26 Å². The molecule has 1 amide bonds. The number of carbonyl (C=O) groups excluding carboxylic acids is 1. The summed E-state index contributed by atoms with van der Waals surface area (Å²) < 4.78 is 0. The molecule has 17 heavy (non-hydrogen) atoms. The molecule has 1 saturated heterocycles. The van der Waals surface area contributed by atoms with E-state index in [2.05, 4.69) is 10.6 Å². The van der Waals surface area contributed by atoms with Crippen LogP contribution in [0.1, 0.15) is 12.0 Å². The summed E-state index contributed by atoms with van der Waals surface area (Å²) in [5.41, 5.74) is 0.983. The third kappa shape index (κ3) is 2.76. The van der Waals surface area contributed by atoms with Gasteiger partial charge in [-0.25, -0.2) is 0 Å². The Morgan fingerprint density at radius 1 is 1.59 bits per heavy atom. The lowest BCUT2D eigenvalue weighted by Crippen LogP contribution is -2.24. The van der Waals surface area contributed by atoms with Gasteiger partial charge < -0.3 is 10.6 Å². The maximum absolute atomic E-state index is 11.8. The second-order valence-corrected chi connectivity index (χ2v) is 4.39. The van der Waals surface area contributed by atoms with Gasteiger partial charge in [-0.1, -0.05) is 11.6 Å². The first kappa shape index (κ1) is 11.9. The van der Waals surface area contributed by atoms with E-state index in [0.717, 1.165) is 13.0 Å². The van der Waals surface area contributed by atoms with Crippen LogP contribution in [0.15, 0.2) is 18.2 Å². The van der Waals surface area contributed by atoms with Crippen molar-refractivity contribution in [2.75, 3.05) is 18.4 Å². The Morgan fingerprint density at radius 3 is 3.06 bits per heavy atom. The number of amides is 1. The number of benzene rings is 1. The second-order valence-electron chi connectivity index (χ2n) is 3.99. The van der Waals surface area contributed by atoms with Crippen molar-refractivity contribution < 1.29 is 4.79 Å². The Bertz CT molecular complexity index is 475. The number of nitriles is 1. The maximum Gasteiger partial charge on any atom is 0.228 e. The summed E-state index contributed by atoms with van der Waals surface area (Å²) in [5.74, 6) is -0.00238. The van der Waals surface area contributed by atoms with Crippen LogP contribution < -0.4 is 10.6 Å². The summed E-state index contributed by atoms with van der Waals surface area (Å²) in [5, 5.41) is 15.2. The van der Waals surface area contributed by atoms with E-state index in [1.54, 1.807) is 18.2 Å². The van der Waals surface area contributed by atoms with Crippen molar-refractivity contribution in [3.63, 3.8) is 0 Å². The standard InChI is InChI=1S/C12H12ClN3O/c13-11-2-1-10(5-9(11)6-14)16-12(17)8-3-4-15-7-8/h1-2,5,8,15H,3-4,7H2,(H,16,17). The lowest BCUT2D eigenvalue weighted by molar-refractivity contribution is -0.119. The predicted octanol–water partition coefficient (Wildman–Crippen LogP) is 1.76. The molecule has 0 aromatic heterocycles. The Morgan fingerprint density at radius 2 is 2.41 bits per heavy atom. The van der Waals surface area contributed by atoms with Gasteiger partial charge in [-0.15, -0.1) is 0 Å². The molecular formula is C12H12ClN3O. The molecule has 0 bridgehead atoms. The van der Waals surface area contributed by atoms with E-state index in [1.807, 2.05) is 6.07 Å². The molecule has 4 nitrogen and oxygen atoms in total. The number of halogens is 1. The van der Waals surface area contributed by atoms with E-state index in [1.165, 1.54) is 0 Å². The normalized spacial score (nSPS) is 18.7. The van der Waals surface area contributed by atoms with E-state index in [9.17, 15) is 4.79 Å². The highest BCUT2D eigenvalue weighted by molar-refractivity contribution is 6.31. The Labute approximate surface area is 105 Å². The second kappa shape index (κ2) is 5.17. The van der Waals surface area contributed by atoms with E-state index < -0.39 is 0 Å². The van der Waals surface area contributed by atoms with Gasteiger partial charge >= 0.3 is 0 Å². The first-order chi connectivity index (χ1) is 8.20. The highest BCUT2D eigenvalue weighted by Crippen LogP contribution is 2.20. The number of nitrogens with one attached hydrogen (secondary N) is 2. The molecule has 88 valence electrons. The average molecular weight is 250 g/mol. The molecule has 1 aliphatic heterocycles. The van der Waals surface area contributed by atoms with E-state index in [0.29, 0.717) is 22.8 Å². The van der Waals surface area contributed by atoms with Crippen LogP contribution in [0.4, 0.5) is 5.69 Å². The summed E-state index contributed by atoms with van der Waals surface area (Å²) in [6.07, 6.45) is 0.852. The Balaban J connectivity index is 2.08. The first-order valence-corrected chi connectivity index (χ1v) is 5.79.